The van der Waals surface area contributed by atoms with Crippen LogP contribution in [0.3, 0.4) is 0 Å². The van der Waals surface area contributed by atoms with Gasteiger partial charge in [0.1, 0.15) is 5.82 Å². The molecule has 1 saturated heterocycles. The van der Waals surface area contributed by atoms with Gasteiger partial charge in [-0.1, -0.05) is 0 Å². The quantitative estimate of drug-likeness (QED) is 0.857. The van der Waals surface area contributed by atoms with Crippen LogP contribution in [0.25, 0.3) is 0 Å². The zero-order valence-electron chi connectivity index (χ0n) is 10.7. The van der Waals surface area contributed by atoms with Crippen LogP contribution in [0.2, 0.25) is 0 Å². The van der Waals surface area contributed by atoms with E-state index in [4.69, 9.17) is 15.6 Å². The zero-order valence-corrected chi connectivity index (χ0v) is 10.7. The molecule has 104 valence electrons. The third-order valence-electron chi connectivity index (χ3n) is 3.41. The van der Waals surface area contributed by atoms with Crippen LogP contribution in [0.5, 0.6) is 0 Å². The number of halogens is 1. The van der Waals surface area contributed by atoms with Gasteiger partial charge in [0.15, 0.2) is 0 Å². The number of rotatable bonds is 3. The minimum Gasteiger partial charge on any atom is -0.478 e. The molecular weight excluding hydrogens is 251 g/mol. The maximum absolute atomic E-state index is 13.5. The van der Waals surface area contributed by atoms with Crippen molar-refractivity contribution in [2.75, 3.05) is 25.1 Å². The van der Waals surface area contributed by atoms with Crippen molar-refractivity contribution in [3.8, 4) is 0 Å². The molecular formula is C13H17FN2O3. The average molecular weight is 268 g/mol. The van der Waals surface area contributed by atoms with Gasteiger partial charge < -0.3 is 20.5 Å². The highest BCUT2D eigenvalue weighted by Crippen LogP contribution is 2.23. The number of carbonyl (C=O) groups is 1. The van der Waals surface area contributed by atoms with Gasteiger partial charge in [0.2, 0.25) is 0 Å². The standard InChI is InChI=1S/C13H17FN2O3/c1-19-12-7-16(3-2-11(12)15)10-5-8(13(17)18)4-9(14)6-10/h4-6,11-12H,2-3,7,15H2,1H3,(H,17,18). The van der Waals surface area contributed by atoms with Gasteiger partial charge in [-0.2, -0.15) is 0 Å². The monoisotopic (exact) mass is 268 g/mol. The number of methoxy groups -OCH3 is 1. The van der Waals surface area contributed by atoms with E-state index in [1.165, 1.54) is 12.1 Å². The Labute approximate surface area is 110 Å². The van der Waals surface area contributed by atoms with Crippen LogP contribution >= 0.6 is 0 Å². The maximum Gasteiger partial charge on any atom is 0.335 e. The van der Waals surface area contributed by atoms with E-state index in [0.29, 0.717) is 18.8 Å². The highest BCUT2D eigenvalue weighted by molar-refractivity contribution is 5.88. The van der Waals surface area contributed by atoms with Gasteiger partial charge >= 0.3 is 5.97 Å². The molecule has 0 saturated carbocycles. The van der Waals surface area contributed by atoms with Gasteiger partial charge in [-0.25, -0.2) is 9.18 Å². The second kappa shape index (κ2) is 5.54. The molecule has 2 rings (SSSR count). The molecule has 1 heterocycles. The Balaban J connectivity index is 2.24. The molecule has 1 aromatic carbocycles. The number of nitrogens with zero attached hydrogens (tertiary/aromatic N) is 1. The number of nitrogens with two attached hydrogens (primary N) is 1. The van der Waals surface area contributed by atoms with Crippen molar-refractivity contribution in [1.29, 1.82) is 0 Å². The molecule has 5 nitrogen and oxygen atoms in total. The molecule has 1 fully saturated rings. The van der Waals surface area contributed by atoms with Crippen molar-refractivity contribution in [2.45, 2.75) is 18.6 Å². The molecule has 1 aliphatic rings. The van der Waals surface area contributed by atoms with Gasteiger partial charge in [-0.05, 0) is 24.6 Å². The van der Waals surface area contributed by atoms with Crippen LogP contribution in [0.1, 0.15) is 16.8 Å². The number of hydrogen-bond donors (Lipinski definition) is 2. The fraction of sp³-hybridized carbons (Fsp3) is 0.462. The van der Waals surface area contributed by atoms with Crippen LogP contribution < -0.4 is 10.6 Å². The molecule has 1 aromatic rings. The van der Waals surface area contributed by atoms with Crippen molar-refractivity contribution < 1.29 is 19.0 Å². The average Bonchev–Trinajstić information content (AvgIpc) is 2.38. The Hall–Kier alpha value is -1.66. The minimum atomic E-state index is -1.14. The molecule has 19 heavy (non-hydrogen) atoms. The van der Waals surface area contributed by atoms with E-state index in [2.05, 4.69) is 0 Å². The van der Waals surface area contributed by atoms with Gasteiger partial charge in [0.05, 0.1) is 11.7 Å². The largest absolute Gasteiger partial charge is 0.478 e. The third kappa shape index (κ3) is 3.02. The van der Waals surface area contributed by atoms with Crippen LogP contribution in [0.15, 0.2) is 18.2 Å². The van der Waals surface area contributed by atoms with Gasteiger partial charge in [-0.3, -0.25) is 0 Å². The molecule has 0 bridgehead atoms. The molecule has 0 spiro atoms. The molecule has 6 heteroatoms. The minimum absolute atomic E-state index is 0.0475. The molecule has 3 N–H and O–H groups in total. The molecule has 0 radical (unpaired) electrons. The van der Waals surface area contributed by atoms with Crippen molar-refractivity contribution in [2.24, 2.45) is 5.73 Å². The van der Waals surface area contributed by atoms with Gasteiger partial charge in [0.25, 0.3) is 0 Å². The Morgan fingerprint density at radius 2 is 2.26 bits per heavy atom. The Morgan fingerprint density at radius 1 is 1.53 bits per heavy atom. The van der Waals surface area contributed by atoms with Gasteiger partial charge in [-0.15, -0.1) is 0 Å². The van der Waals surface area contributed by atoms with Crippen LogP contribution in [-0.2, 0) is 4.74 Å². The number of ether oxygens (including phenoxy) is 1. The van der Waals surface area contributed by atoms with E-state index in [1.54, 1.807) is 7.11 Å². The number of carboxylic acid groups (broad SMARTS) is 1. The lowest BCUT2D eigenvalue weighted by molar-refractivity contribution is 0.0696. The topological polar surface area (TPSA) is 75.8 Å². The van der Waals surface area contributed by atoms with Crippen LogP contribution in [0.4, 0.5) is 10.1 Å². The number of carboxylic acids is 1. The van der Waals surface area contributed by atoms with E-state index in [-0.39, 0.29) is 17.7 Å². The first-order chi connectivity index (χ1) is 9.01. The number of benzene rings is 1. The van der Waals surface area contributed by atoms with Crippen molar-refractivity contribution >= 4 is 11.7 Å². The Kier molecular flexibility index (Phi) is 4.01. The normalized spacial score (nSPS) is 23.4. The summed E-state index contributed by atoms with van der Waals surface area (Å²) in [6.45, 7) is 1.18. The Morgan fingerprint density at radius 3 is 2.89 bits per heavy atom. The first-order valence-corrected chi connectivity index (χ1v) is 6.08. The van der Waals surface area contributed by atoms with E-state index in [1.807, 2.05) is 4.90 Å². The summed E-state index contributed by atoms with van der Waals surface area (Å²) in [5.74, 6) is -1.70. The molecule has 1 aliphatic heterocycles. The fourth-order valence-electron chi connectivity index (χ4n) is 2.30. The lowest BCUT2D eigenvalue weighted by atomic mass is 10.0. The lowest BCUT2D eigenvalue weighted by Gasteiger charge is -2.37. The first kappa shape index (κ1) is 13.8. The smallest absolute Gasteiger partial charge is 0.335 e. The molecule has 0 aliphatic carbocycles. The summed E-state index contributed by atoms with van der Waals surface area (Å²) in [4.78, 5) is 12.8. The van der Waals surface area contributed by atoms with E-state index >= 15 is 0 Å². The summed E-state index contributed by atoms with van der Waals surface area (Å²) in [7, 11) is 1.59. The molecule has 2 unspecified atom stereocenters. The number of hydrogen-bond acceptors (Lipinski definition) is 4. The van der Waals surface area contributed by atoms with Crippen molar-refractivity contribution in [1.82, 2.24) is 0 Å². The number of aromatic carboxylic acids is 1. The second-order valence-corrected chi connectivity index (χ2v) is 4.68. The zero-order chi connectivity index (χ0) is 14.0. The van der Waals surface area contributed by atoms with Gasteiger partial charge in [0, 0.05) is 31.9 Å². The summed E-state index contributed by atoms with van der Waals surface area (Å²) in [5.41, 5.74) is 6.41. The summed E-state index contributed by atoms with van der Waals surface area (Å²) in [6.07, 6.45) is 0.586. The van der Waals surface area contributed by atoms with Crippen LogP contribution in [0, 0.1) is 5.82 Å². The van der Waals surface area contributed by atoms with Crippen molar-refractivity contribution in [3.05, 3.63) is 29.6 Å². The summed E-state index contributed by atoms with van der Waals surface area (Å²) in [5, 5.41) is 8.94. The molecule has 2 atom stereocenters. The predicted molar refractivity (Wildman–Crippen MR) is 69.0 cm³/mol. The number of anilines is 1. The van der Waals surface area contributed by atoms with Crippen LogP contribution in [-0.4, -0.2) is 43.4 Å². The van der Waals surface area contributed by atoms with Crippen molar-refractivity contribution in [3.63, 3.8) is 0 Å². The number of piperidine rings is 1. The summed E-state index contributed by atoms with van der Waals surface area (Å²) >= 11 is 0. The fourth-order valence-corrected chi connectivity index (χ4v) is 2.30. The highest BCUT2D eigenvalue weighted by Gasteiger charge is 2.27. The predicted octanol–water partition coefficient (Wildman–Crippen LogP) is 1.08. The lowest BCUT2D eigenvalue weighted by Crippen LogP contribution is -2.51. The summed E-state index contributed by atoms with van der Waals surface area (Å²) in [6, 6.07) is 3.76. The first-order valence-electron chi connectivity index (χ1n) is 6.08. The summed E-state index contributed by atoms with van der Waals surface area (Å²) < 4.78 is 18.7. The van der Waals surface area contributed by atoms with E-state index < -0.39 is 11.8 Å². The second-order valence-electron chi connectivity index (χ2n) is 4.68. The van der Waals surface area contributed by atoms with E-state index in [9.17, 15) is 9.18 Å². The van der Waals surface area contributed by atoms with E-state index in [0.717, 1.165) is 12.5 Å². The molecule has 0 aromatic heterocycles. The third-order valence-corrected chi connectivity index (χ3v) is 3.41. The maximum atomic E-state index is 13.5. The Bertz CT molecular complexity index is 481. The SMILES string of the molecule is COC1CN(c2cc(F)cc(C(=O)O)c2)CCC1N. The highest BCUT2D eigenvalue weighted by atomic mass is 19.1. The molecule has 0 amide bonds.